The lowest BCUT2D eigenvalue weighted by atomic mass is 9.45. The van der Waals surface area contributed by atoms with Gasteiger partial charge in [-0.05, 0) is 78.0 Å². The molecule has 0 radical (unpaired) electrons. The number of carbonyl (C=O) groups is 2. The van der Waals surface area contributed by atoms with Crippen molar-refractivity contribution in [1.82, 2.24) is 0 Å². The Labute approximate surface area is 175 Å². The summed E-state index contributed by atoms with van der Waals surface area (Å²) in [6.07, 6.45) is 7.19. The van der Waals surface area contributed by atoms with Crippen molar-refractivity contribution < 1.29 is 19.1 Å². The second-order valence-electron chi connectivity index (χ2n) is 9.97. The molecule has 3 rings (SSSR count). The number of benzene rings is 1. The normalized spacial score (nSPS) is 34.2. The minimum atomic E-state index is -0.345. The Morgan fingerprint density at radius 3 is 2.34 bits per heavy atom. The van der Waals surface area contributed by atoms with E-state index in [1.807, 2.05) is 6.07 Å². The summed E-state index contributed by atoms with van der Waals surface area (Å²) in [6.45, 7) is 12.5. The van der Waals surface area contributed by atoms with Crippen LogP contribution in [0.3, 0.4) is 0 Å². The van der Waals surface area contributed by atoms with Gasteiger partial charge in [-0.25, -0.2) is 0 Å². The third kappa shape index (κ3) is 4.22. The Morgan fingerprint density at radius 1 is 1.00 bits per heavy atom. The average Bonchev–Trinajstić information content (AvgIpc) is 2.62. The van der Waals surface area contributed by atoms with Crippen LogP contribution in [0.4, 0.5) is 0 Å². The van der Waals surface area contributed by atoms with Crippen molar-refractivity contribution in [2.24, 2.45) is 28.6 Å². The summed E-state index contributed by atoms with van der Waals surface area (Å²) in [6, 6.07) is 5.34. The second-order valence-corrected chi connectivity index (χ2v) is 9.97. The summed E-state index contributed by atoms with van der Waals surface area (Å²) in [5.41, 5.74) is 1.41. The highest BCUT2D eigenvalue weighted by atomic mass is 16.5. The van der Waals surface area contributed by atoms with Crippen molar-refractivity contribution in [3.8, 4) is 11.5 Å². The maximum absolute atomic E-state index is 11.7. The van der Waals surface area contributed by atoms with Gasteiger partial charge in [0.15, 0.2) is 0 Å². The summed E-state index contributed by atoms with van der Waals surface area (Å²) < 4.78 is 10.9. The molecule has 4 heteroatoms. The first-order valence-electron chi connectivity index (χ1n) is 11.1. The van der Waals surface area contributed by atoms with Crippen LogP contribution in [0.5, 0.6) is 11.5 Å². The Balaban J connectivity index is 2.00. The van der Waals surface area contributed by atoms with E-state index in [4.69, 9.17) is 9.47 Å². The second kappa shape index (κ2) is 8.12. The quantitative estimate of drug-likeness (QED) is 0.462. The maximum atomic E-state index is 11.7. The van der Waals surface area contributed by atoms with Gasteiger partial charge >= 0.3 is 11.9 Å². The summed E-state index contributed by atoms with van der Waals surface area (Å²) >= 11 is 0. The lowest BCUT2D eigenvalue weighted by Crippen LogP contribution is -2.53. The first kappa shape index (κ1) is 21.9. The molecule has 0 spiro atoms. The van der Waals surface area contributed by atoms with Crippen molar-refractivity contribution in [3.05, 3.63) is 23.8 Å². The van der Waals surface area contributed by atoms with Crippen molar-refractivity contribution >= 4 is 11.9 Å². The zero-order valence-electron chi connectivity index (χ0n) is 18.8. The number of carbonyl (C=O) groups excluding carboxylic acids is 2. The number of rotatable bonds is 4. The molecule has 2 aliphatic carbocycles. The van der Waals surface area contributed by atoms with Crippen LogP contribution in [0.25, 0.3) is 0 Å². The first-order chi connectivity index (χ1) is 13.6. The lowest BCUT2D eigenvalue weighted by molar-refractivity contribution is -0.133. The highest BCUT2D eigenvalue weighted by Gasteiger charge is 2.55. The molecule has 1 aromatic carbocycles. The molecule has 2 aliphatic rings. The van der Waals surface area contributed by atoms with Gasteiger partial charge in [-0.15, -0.1) is 0 Å². The minimum absolute atomic E-state index is 0.103. The van der Waals surface area contributed by atoms with E-state index in [1.165, 1.54) is 46.0 Å². The number of esters is 2. The molecular formula is C25H36O4. The molecule has 0 amide bonds. The van der Waals surface area contributed by atoms with Gasteiger partial charge in [0.2, 0.25) is 0 Å². The summed E-state index contributed by atoms with van der Waals surface area (Å²) in [7, 11) is 0. The Morgan fingerprint density at radius 2 is 1.69 bits per heavy atom. The van der Waals surface area contributed by atoms with Crippen molar-refractivity contribution in [1.29, 1.82) is 0 Å². The van der Waals surface area contributed by atoms with E-state index in [0.717, 1.165) is 17.9 Å². The molecule has 0 heterocycles. The smallest absolute Gasteiger partial charge is 0.308 e. The van der Waals surface area contributed by atoms with Gasteiger partial charge < -0.3 is 9.47 Å². The number of hydrogen-bond donors (Lipinski definition) is 0. The molecule has 0 unspecified atom stereocenters. The monoisotopic (exact) mass is 400 g/mol. The zero-order chi connectivity index (χ0) is 21.4. The van der Waals surface area contributed by atoms with Gasteiger partial charge in [0.25, 0.3) is 0 Å². The molecule has 0 aliphatic heterocycles. The molecule has 0 N–H and O–H groups in total. The predicted molar refractivity (Wildman–Crippen MR) is 114 cm³/mol. The summed E-state index contributed by atoms with van der Waals surface area (Å²) in [5.74, 6) is 2.35. The van der Waals surface area contributed by atoms with Gasteiger partial charge in [-0.2, -0.15) is 0 Å². The van der Waals surface area contributed by atoms with Gasteiger partial charge in [0, 0.05) is 13.8 Å². The standard InChI is InChI=1S/C25H36O4/c1-16-8-7-9-23-24(16,5)13-12-17(2)25(23,6)15-20-14-21(28-18(3)26)10-11-22(20)29-19(4)27/h10-11,14,16-17,23H,7-9,12-13,15H2,1-6H3/t16-,17+,23+,24-,25-/m1/s1. The number of fused-ring (bicyclic) bond motifs is 1. The fourth-order valence-corrected chi connectivity index (χ4v) is 6.22. The van der Waals surface area contributed by atoms with Crippen LogP contribution in [0.15, 0.2) is 18.2 Å². The molecule has 0 saturated heterocycles. The molecular weight excluding hydrogens is 364 g/mol. The van der Waals surface area contributed by atoms with E-state index >= 15 is 0 Å². The van der Waals surface area contributed by atoms with E-state index in [-0.39, 0.29) is 17.4 Å². The molecule has 5 atom stereocenters. The van der Waals surface area contributed by atoms with Gasteiger partial charge in [0.05, 0.1) is 0 Å². The SMILES string of the molecule is CC(=O)Oc1ccc(OC(C)=O)c(C[C@@]2(C)[C@H]3CCC[C@@H](C)[C@@]3(C)CC[C@@H]2C)c1. The van der Waals surface area contributed by atoms with Gasteiger partial charge in [-0.3, -0.25) is 9.59 Å². The molecule has 29 heavy (non-hydrogen) atoms. The van der Waals surface area contributed by atoms with Crippen LogP contribution in [0, 0.1) is 28.6 Å². The van der Waals surface area contributed by atoms with Gasteiger partial charge in [0.1, 0.15) is 11.5 Å². The highest BCUT2D eigenvalue weighted by Crippen LogP contribution is 2.62. The Kier molecular flexibility index (Phi) is 6.12. The maximum Gasteiger partial charge on any atom is 0.308 e. The zero-order valence-corrected chi connectivity index (χ0v) is 18.8. The molecule has 2 saturated carbocycles. The molecule has 1 aromatic rings. The number of ether oxygens (including phenoxy) is 2. The van der Waals surface area contributed by atoms with Crippen molar-refractivity contribution in [3.63, 3.8) is 0 Å². The lowest BCUT2D eigenvalue weighted by Gasteiger charge is -2.60. The Hall–Kier alpha value is -1.84. The molecule has 160 valence electrons. The van der Waals surface area contributed by atoms with Crippen LogP contribution in [0.2, 0.25) is 0 Å². The van der Waals surface area contributed by atoms with Crippen LogP contribution in [-0.2, 0) is 16.0 Å². The van der Waals surface area contributed by atoms with Crippen molar-refractivity contribution in [2.75, 3.05) is 0 Å². The van der Waals surface area contributed by atoms with Crippen LogP contribution in [-0.4, -0.2) is 11.9 Å². The third-order valence-electron chi connectivity index (χ3n) is 8.21. The summed E-state index contributed by atoms with van der Waals surface area (Å²) in [5, 5.41) is 0. The van der Waals surface area contributed by atoms with Crippen LogP contribution >= 0.6 is 0 Å². The van der Waals surface area contributed by atoms with E-state index < -0.39 is 0 Å². The predicted octanol–water partition coefficient (Wildman–Crippen LogP) is 5.96. The Bertz CT molecular complexity index is 785. The largest absolute Gasteiger partial charge is 0.427 e. The molecule has 0 bridgehead atoms. The van der Waals surface area contributed by atoms with E-state index in [0.29, 0.717) is 28.7 Å². The highest BCUT2D eigenvalue weighted by molar-refractivity contribution is 5.71. The summed E-state index contributed by atoms with van der Waals surface area (Å²) in [4.78, 5) is 23.1. The fourth-order valence-electron chi connectivity index (χ4n) is 6.22. The first-order valence-corrected chi connectivity index (χ1v) is 11.1. The van der Waals surface area contributed by atoms with E-state index in [2.05, 4.69) is 27.7 Å². The van der Waals surface area contributed by atoms with Crippen LogP contribution < -0.4 is 9.47 Å². The van der Waals surface area contributed by atoms with E-state index in [9.17, 15) is 9.59 Å². The third-order valence-corrected chi connectivity index (χ3v) is 8.21. The molecule has 0 aromatic heterocycles. The number of hydrogen-bond acceptors (Lipinski definition) is 4. The minimum Gasteiger partial charge on any atom is -0.427 e. The van der Waals surface area contributed by atoms with Crippen LogP contribution in [0.1, 0.15) is 79.2 Å². The van der Waals surface area contributed by atoms with E-state index in [1.54, 1.807) is 12.1 Å². The topological polar surface area (TPSA) is 52.6 Å². The molecule has 2 fully saturated rings. The fraction of sp³-hybridized carbons (Fsp3) is 0.680. The molecule has 4 nitrogen and oxygen atoms in total. The van der Waals surface area contributed by atoms with Crippen molar-refractivity contribution in [2.45, 2.75) is 80.1 Å². The van der Waals surface area contributed by atoms with Gasteiger partial charge in [-0.1, -0.05) is 40.5 Å². The average molecular weight is 401 g/mol.